The Morgan fingerprint density at radius 3 is 2.31 bits per heavy atom. The van der Waals surface area contributed by atoms with Crippen LogP contribution in [0.25, 0.3) is 0 Å². The van der Waals surface area contributed by atoms with Crippen molar-refractivity contribution < 1.29 is 21.6 Å². The number of hydrogen-bond donors (Lipinski definition) is 0. The number of alkyl halides is 2. The highest BCUT2D eigenvalue weighted by Crippen LogP contribution is 2.31. The summed E-state index contributed by atoms with van der Waals surface area (Å²) in [7, 11) is 0.198. The zero-order valence-corrected chi connectivity index (χ0v) is 8.99. The molecule has 0 atom stereocenters. The first-order valence-corrected chi connectivity index (χ1v) is 6.04. The first-order valence-electron chi connectivity index (χ1n) is 3.73. The first kappa shape index (κ1) is 12.8. The largest absolute Gasteiger partial charge is 0.265 e. The monoisotopic (exact) mass is 269 g/mol. The van der Waals surface area contributed by atoms with Crippen LogP contribution >= 0.6 is 10.7 Å². The smallest absolute Gasteiger partial charge is 0.207 e. The van der Waals surface area contributed by atoms with Crippen molar-refractivity contribution in [3.8, 4) is 6.07 Å². The number of nitrogens with zero attached hydrogens (tertiary/aromatic N) is 1. The van der Waals surface area contributed by atoms with E-state index < -0.39 is 37.3 Å². The van der Waals surface area contributed by atoms with Crippen molar-refractivity contribution in [1.29, 1.82) is 5.26 Å². The van der Waals surface area contributed by atoms with Crippen LogP contribution in [-0.2, 0) is 9.05 Å². The minimum Gasteiger partial charge on any atom is -0.207 e. The molecule has 0 N–H and O–H groups in total. The van der Waals surface area contributed by atoms with E-state index in [1.807, 2.05) is 0 Å². The van der Waals surface area contributed by atoms with Gasteiger partial charge in [0.1, 0.15) is 10.7 Å². The van der Waals surface area contributed by atoms with Crippen molar-refractivity contribution in [2.75, 3.05) is 0 Å². The maximum Gasteiger partial charge on any atom is 0.265 e. The number of halogens is 4. The van der Waals surface area contributed by atoms with E-state index >= 15 is 0 Å². The lowest BCUT2D eigenvalue weighted by molar-refractivity contribution is 0.147. The van der Waals surface area contributed by atoms with Gasteiger partial charge in [-0.15, -0.1) is 0 Å². The van der Waals surface area contributed by atoms with E-state index in [1.165, 1.54) is 6.07 Å². The van der Waals surface area contributed by atoms with Gasteiger partial charge in [-0.05, 0) is 12.1 Å². The van der Waals surface area contributed by atoms with Crippen LogP contribution in [0.5, 0.6) is 0 Å². The van der Waals surface area contributed by atoms with Gasteiger partial charge in [0.2, 0.25) is 0 Å². The minimum atomic E-state index is -4.63. The van der Waals surface area contributed by atoms with Crippen LogP contribution in [0, 0.1) is 17.1 Å². The highest BCUT2D eigenvalue weighted by atomic mass is 35.7. The molecule has 0 aromatic heterocycles. The van der Waals surface area contributed by atoms with Crippen molar-refractivity contribution in [3.05, 3.63) is 29.1 Å². The summed E-state index contributed by atoms with van der Waals surface area (Å²) in [5.41, 5.74) is -1.52. The lowest BCUT2D eigenvalue weighted by Gasteiger charge is -2.07. The van der Waals surface area contributed by atoms with Gasteiger partial charge >= 0.3 is 0 Å². The van der Waals surface area contributed by atoms with E-state index in [2.05, 4.69) is 0 Å². The molecule has 0 saturated heterocycles. The van der Waals surface area contributed by atoms with Gasteiger partial charge in [0.25, 0.3) is 15.5 Å². The molecule has 0 aliphatic rings. The zero-order valence-electron chi connectivity index (χ0n) is 7.42. The summed E-state index contributed by atoms with van der Waals surface area (Å²) >= 11 is 0. The summed E-state index contributed by atoms with van der Waals surface area (Å²) in [5.74, 6) is -1.47. The fourth-order valence-electron chi connectivity index (χ4n) is 1.10. The highest BCUT2D eigenvalue weighted by Gasteiger charge is 2.26. The predicted octanol–water partition coefficient (Wildman–Crippen LogP) is 2.56. The number of benzene rings is 1. The van der Waals surface area contributed by atoms with E-state index in [1.54, 1.807) is 0 Å². The fourth-order valence-corrected chi connectivity index (χ4v) is 2.31. The SMILES string of the molecule is N#Cc1cc(F)c(S(=O)(=O)Cl)c(C(F)F)c1. The second kappa shape index (κ2) is 4.31. The lowest BCUT2D eigenvalue weighted by atomic mass is 10.1. The van der Waals surface area contributed by atoms with Crippen LogP contribution in [0.2, 0.25) is 0 Å². The normalized spacial score (nSPS) is 11.5. The zero-order chi connectivity index (χ0) is 12.5. The molecule has 1 aromatic rings. The van der Waals surface area contributed by atoms with Crippen molar-refractivity contribution >= 4 is 19.7 Å². The number of hydrogen-bond acceptors (Lipinski definition) is 3. The molecule has 0 aliphatic carbocycles. The molecule has 0 unspecified atom stereocenters. The molecule has 0 fully saturated rings. The van der Waals surface area contributed by atoms with Gasteiger partial charge in [0.05, 0.1) is 11.6 Å². The van der Waals surface area contributed by atoms with Crippen molar-refractivity contribution in [2.45, 2.75) is 11.3 Å². The van der Waals surface area contributed by atoms with Crippen LogP contribution in [0.4, 0.5) is 13.2 Å². The van der Waals surface area contributed by atoms with Gasteiger partial charge in [-0.3, -0.25) is 0 Å². The Morgan fingerprint density at radius 2 is 1.94 bits per heavy atom. The summed E-state index contributed by atoms with van der Waals surface area (Å²) in [6.45, 7) is 0. The Bertz CT molecular complexity index is 565. The second-order valence-electron chi connectivity index (χ2n) is 2.73. The molecule has 0 saturated carbocycles. The molecular formula is C8H3ClF3NO2S. The molecule has 0 spiro atoms. The molecule has 1 aromatic carbocycles. The molecule has 0 radical (unpaired) electrons. The Labute approximate surface area is 93.5 Å². The van der Waals surface area contributed by atoms with Gasteiger partial charge < -0.3 is 0 Å². The van der Waals surface area contributed by atoms with Crippen LogP contribution < -0.4 is 0 Å². The van der Waals surface area contributed by atoms with E-state index in [0.717, 1.165) is 0 Å². The number of nitriles is 1. The predicted molar refractivity (Wildman–Crippen MR) is 49.1 cm³/mol. The van der Waals surface area contributed by atoms with Crippen LogP contribution in [0.1, 0.15) is 17.6 Å². The summed E-state index contributed by atoms with van der Waals surface area (Å²) in [6, 6.07) is 2.55. The highest BCUT2D eigenvalue weighted by molar-refractivity contribution is 8.13. The van der Waals surface area contributed by atoms with Crippen LogP contribution in [0.15, 0.2) is 17.0 Å². The van der Waals surface area contributed by atoms with Gasteiger partial charge in [0, 0.05) is 16.2 Å². The lowest BCUT2D eigenvalue weighted by Crippen LogP contribution is -2.03. The molecule has 0 aliphatic heterocycles. The average Bonchev–Trinajstić information content (AvgIpc) is 2.14. The topological polar surface area (TPSA) is 57.9 Å². The molecule has 8 heteroatoms. The third-order valence-corrected chi connectivity index (χ3v) is 3.06. The molecule has 1 rings (SSSR count). The summed E-state index contributed by atoms with van der Waals surface area (Å²) in [6.07, 6.45) is -3.24. The van der Waals surface area contributed by atoms with Crippen molar-refractivity contribution in [2.24, 2.45) is 0 Å². The third kappa shape index (κ3) is 2.46. The van der Waals surface area contributed by atoms with E-state index in [0.29, 0.717) is 12.1 Å². The van der Waals surface area contributed by atoms with Gasteiger partial charge in [-0.1, -0.05) is 0 Å². The molecular weight excluding hydrogens is 267 g/mol. The summed E-state index contributed by atoms with van der Waals surface area (Å²) in [5, 5.41) is 8.42. The molecule has 86 valence electrons. The Morgan fingerprint density at radius 1 is 1.38 bits per heavy atom. The van der Waals surface area contributed by atoms with E-state index in [9.17, 15) is 21.6 Å². The van der Waals surface area contributed by atoms with E-state index in [-0.39, 0.29) is 0 Å². The van der Waals surface area contributed by atoms with Crippen LogP contribution in [-0.4, -0.2) is 8.42 Å². The number of rotatable bonds is 2. The maximum absolute atomic E-state index is 13.2. The molecule has 0 amide bonds. The Hall–Kier alpha value is -1.26. The standard InChI is InChI=1S/C8H3ClF3NO2S/c9-16(14,15)7-5(8(11)12)1-4(3-13)2-6(7)10/h1-2,8H. The van der Waals surface area contributed by atoms with Gasteiger partial charge in [-0.25, -0.2) is 21.6 Å². The fraction of sp³-hybridized carbons (Fsp3) is 0.125. The van der Waals surface area contributed by atoms with E-state index in [4.69, 9.17) is 15.9 Å². The summed E-state index contributed by atoms with van der Waals surface area (Å²) < 4.78 is 59.9. The van der Waals surface area contributed by atoms with Gasteiger partial charge in [-0.2, -0.15) is 5.26 Å². The van der Waals surface area contributed by atoms with Crippen molar-refractivity contribution in [1.82, 2.24) is 0 Å². The average molecular weight is 270 g/mol. The van der Waals surface area contributed by atoms with Gasteiger partial charge in [0.15, 0.2) is 0 Å². The molecule has 0 heterocycles. The quantitative estimate of drug-likeness (QED) is 0.775. The maximum atomic E-state index is 13.2. The Balaban J connectivity index is 3.68. The molecule has 16 heavy (non-hydrogen) atoms. The third-order valence-electron chi connectivity index (χ3n) is 1.68. The Kier molecular flexibility index (Phi) is 3.45. The van der Waals surface area contributed by atoms with Crippen molar-refractivity contribution in [3.63, 3.8) is 0 Å². The molecule has 0 bridgehead atoms. The second-order valence-corrected chi connectivity index (χ2v) is 5.23. The summed E-state index contributed by atoms with van der Waals surface area (Å²) in [4.78, 5) is -1.29. The van der Waals surface area contributed by atoms with Crippen LogP contribution in [0.3, 0.4) is 0 Å². The molecule has 3 nitrogen and oxygen atoms in total. The minimum absolute atomic E-state index is 0.406. The first-order chi connectivity index (χ1) is 7.27.